The van der Waals surface area contributed by atoms with Gasteiger partial charge in [-0.1, -0.05) is 23.7 Å². The summed E-state index contributed by atoms with van der Waals surface area (Å²) in [5.41, 5.74) is 1.29. The summed E-state index contributed by atoms with van der Waals surface area (Å²) >= 11 is 5.81. The van der Waals surface area contributed by atoms with Gasteiger partial charge in [-0.25, -0.2) is 9.59 Å². The number of methoxy groups -OCH3 is 2. The van der Waals surface area contributed by atoms with Crippen LogP contribution in [0.2, 0.25) is 5.02 Å². The number of ether oxygens (including phenoxy) is 2. The normalized spacial score (nSPS) is 10.4. The topological polar surface area (TPSA) is 81.7 Å². The number of anilines is 1. The van der Waals surface area contributed by atoms with Crippen LogP contribution in [0.1, 0.15) is 26.3 Å². The number of carbonyl (C=O) groups excluding carboxylic acids is 3. The molecule has 7 heteroatoms. The number of hydrogen-bond acceptors (Lipinski definition) is 5. The predicted molar refractivity (Wildman–Crippen MR) is 98.2 cm³/mol. The summed E-state index contributed by atoms with van der Waals surface area (Å²) in [5, 5.41) is 3.19. The maximum Gasteiger partial charge on any atom is 0.337 e. The van der Waals surface area contributed by atoms with Crippen molar-refractivity contribution in [3.63, 3.8) is 0 Å². The van der Waals surface area contributed by atoms with Crippen LogP contribution in [0, 0.1) is 0 Å². The fourth-order valence-electron chi connectivity index (χ4n) is 2.10. The van der Waals surface area contributed by atoms with Crippen LogP contribution in [-0.4, -0.2) is 32.1 Å². The first-order valence-electron chi connectivity index (χ1n) is 7.49. The van der Waals surface area contributed by atoms with Crippen LogP contribution in [-0.2, 0) is 14.3 Å². The molecule has 26 heavy (non-hydrogen) atoms. The van der Waals surface area contributed by atoms with Crippen molar-refractivity contribution in [3.8, 4) is 0 Å². The van der Waals surface area contributed by atoms with E-state index in [9.17, 15) is 14.4 Å². The number of amides is 1. The summed E-state index contributed by atoms with van der Waals surface area (Å²) < 4.78 is 9.30. The number of esters is 2. The summed E-state index contributed by atoms with van der Waals surface area (Å²) in [4.78, 5) is 35.6. The van der Waals surface area contributed by atoms with Crippen molar-refractivity contribution in [2.45, 2.75) is 0 Å². The van der Waals surface area contributed by atoms with Gasteiger partial charge in [-0.15, -0.1) is 0 Å². The molecule has 0 spiro atoms. The predicted octanol–water partition coefficient (Wildman–Crippen LogP) is 3.57. The minimum atomic E-state index is -0.636. The summed E-state index contributed by atoms with van der Waals surface area (Å²) in [6, 6.07) is 11.1. The van der Waals surface area contributed by atoms with Gasteiger partial charge in [0.2, 0.25) is 5.91 Å². The quantitative estimate of drug-likeness (QED) is 0.640. The second kappa shape index (κ2) is 8.82. The molecule has 1 N–H and O–H groups in total. The highest BCUT2D eigenvalue weighted by Gasteiger charge is 2.14. The van der Waals surface area contributed by atoms with E-state index in [0.717, 1.165) is 5.56 Å². The van der Waals surface area contributed by atoms with E-state index in [0.29, 0.717) is 5.02 Å². The first-order valence-corrected chi connectivity index (χ1v) is 7.87. The van der Waals surface area contributed by atoms with Gasteiger partial charge in [-0.3, -0.25) is 4.79 Å². The van der Waals surface area contributed by atoms with Crippen LogP contribution in [0.5, 0.6) is 0 Å². The minimum Gasteiger partial charge on any atom is -0.465 e. The third-order valence-corrected chi connectivity index (χ3v) is 3.59. The van der Waals surface area contributed by atoms with E-state index in [-0.39, 0.29) is 16.8 Å². The smallest absolute Gasteiger partial charge is 0.337 e. The number of rotatable bonds is 5. The lowest BCUT2D eigenvalue weighted by atomic mass is 10.1. The largest absolute Gasteiger partial charge is 0.465 e. The molecule has 0 aliphatic rings. The molecule has 0 fully saturated rings. The molecule has 0 saturated carbocycles. The number of hydrogen-bond donors (Lipinski definition) is 1. The van der Waals surface area contributed by atoms with Gasteiger partial charge >= 0.3 is 11.9 Å². The van der Waals surface area contributed by atoms with Gasteiger partial charge in [0.05, 0.1) is 25.3 Å². The van der Waals surface area contributed by atoms with E-state index in [1.165, 1.54) is 38.5 Å². The highest BCUT2D eigenvalue weighted by atomic mass is 35.5. The molecule has 2 rings (SSSR count). The van der Waals surface area contributed by atoms with Gasteiger partial charge in [0.25, 0.3) is 0 Å². The maximum atomic E-state index is 12.1. The molecule has 1 amide bonds. The van der Waals surface area contributed by atoms with Crippen molar-refractivity contribution in [2.24, 2.45) is 0 Å². The van der Waals surface area contributed by atoms with Crippen molar-refractivity contribution in [2.75, 3.05) is 19.5 Å². The summed E-state index contributed by atoms with van der Waals surface area (Å²) in [5.74, 6) is -1.70. The Kier molecular flexibility index (Phi) is 6.52. The molecular formula is C19H16ClNO5. The molecule has 6 nitrogen and oxygen atoms in total. The van der Waals surface area contributed by atoms with E-state index in [1.807, 2.05) is 0 Å². The fourth-order valence-corrected chi connectivity index (χ4v) is 2.23. The van der Waals surface area contributed by atoms with Gasteiger partial charge in [0.15, 0.2) is 0 Å². The van der Waals surface area contributed by atoms with Gasteiger partial charge < -0.3 is 14.8 Å². The zero-order valence-corrected chi connectivity index (χ0v) is 14.9. The second-order valence-electron chi connectivity index (χ2n) is 5.16. The van der Waals surface area contributed by atoms with Crippen molar-refractivity contribution < 1.29 is 23.9 Å². The van der Waals surface area contributed by atoms with Gasteiger partial charge in [0, 0.05) is 16.8 Å². The molecule has 0 heterocycles. The van der Waals surface area contributed by atoms with E-state index in [1.54, 1.807) is 30.3 Å². The van der Waals surface area contributed by atoms with E-state index < -0.39 is 17.8 Å². The maximum absolute atomic E-state index is 12.1. The number of nitrogens with one attached hydrogen (secondary N) is 1. The van der Waals surface area contributed by atoms with Crippen LogP contribution in [0.15, 0.2) is 48.5 Å². The van der Waals surface area contributed by atoms with Crippen LogP contribution in [0.3, 0.4) is 0 Å². The molecule has 0 aliphatic heterocycles. The Hall–Kier alpha value is -3.12. The molecule has 0 unspecified atom stereocenters. The summed E-state index contributed by atoms with van der Waals surface area (Å²) in [6.45, 7) is 0. The number of halogens is 1. The van der Waals surface area contributed by atoms with Crippen LogP contribution >= 0.6 is 11.6 Å². The molecule has 0 atom stereocenters. The van der Waals surface area contributed by atoms with Crippen molar-refractivity contribution in [1.82, 2.24) is 0 Å². The average molecular weight is 374 g/mol. The first-order chi connectivity index (χ1) is 12.4. The van der Waals surface area contributed by atoms with Crippen molar-refractivity contribution in [3.05, 3.63) is 70.3 Å². The molecule has 2 aromatic rings. The van der Waals surface area contributed by atoms with Gasteiger partial charge in [-0.2, -0.15) is 0 Å². The first kappa shape index (κ1) is 19.2. The molecule has 0 aliphatic carbocycles. The molecule has 0 aromatic heterocycles. The molecule has 2 aromatic carbocycles. The minimum absolute atomic E-state index is 0.118. The van der Waals surface area contributed by atoms with E-state index in [2.05, 4.69) is 14.8 Å². The Balaban J connectivity index is 2.21. The molecule has 134 valence electrons. The highest BCUT2D eigenvalue weighted by Crippen LogP contribution is 2.17. The molecule has 0 saturated heterocycles. The van der Waals surface area contributed by atoms with Crippen LogP contribution in [0.4, 0.5) is 5.69 Å². The Morgan fingerprint density at radius 3 is 1.96 bits per heavy atom. The Morgan fingerprint density at radius 2 is 1.46 bits per heavy atom. The van der Waals surface area contributed by atoms with Gasteiger partial charge in [-0.05, 0) is 42.0 Å². The summed E-state index contributed by atoms with van der Waals surface area (Å²) in [6.07, 6.45) is 2.93. The highest BCUT2D eigenvalue weighted by molar-refractivity contribution is 6.30. The standard InChI is InChI=1S/C19H16ClNO5/c1-25-18(23)13-9-14(19(24)26-2)11-16(10-13)21-17(22)8-5-12-3-6-15(20)7-4-12/h3-11H,1-2H3,(H,21,22). The van der Waals surface area contributed by atoms with Crippen molar-refractivity contribution in [1.29, 1.82) is 0 Å². The third-order valence-electron chi connectivity index (χ3n) is 3.34. The molecular weight excluding hydrogens is 358 g/mol. The molecule has 0 bridgehead atoms. The molecule has 0 radical (unpaired) electrons. The van der Waals surface area contributed by atoms with Gasteiger partial charge in [0.1, 0.15) is 0 Å². The lowest BCUT2D eigenvalue weighted by molar-refractivity contribution is -0.111. The third kappa shape index (κ3) is 5.19. The monoisotopic (exact) mass is 373 g/mol. The van der Waals surface area contributed by atoms with Crippen molar-refractivity contribution >= 4 is 41.2 Å². The lowest BCUT2D eigenvalue weighted by Crippen LogP contribution is -2.12. The SMILES string of the molecule is COC(=O)c1cc(NC(=O)C=Cc2ccc(Cl)cc2)cc(C(=O)OC)c1. The van der Waals surface area contributed by atoms with Crippen LogP contribution in [0.25, 0.3) is 6.08 Å². The number of benzene rings is 2. The Morgan fingerprint density at radius 1 is 0.923 bits per heavy atom. The Bertz CT molecular complexity index is 824. The average Bonchev–Trinajstić information content (AvgIpc) is 2.65. The second-order valence-corrected chi connectivity index (χ2v) is 5.59. The number of carbonyl (C=O) groups is 3. The van der Waals surface area contributed by atoms with E-state index in [4.69, 9.17) is 11.6 Å². The van der Waals surface area contributed by atoms with Crippen LogP contribution < -0.4 is 5.32 Å². The fraction of sp³-hybridized carbons (Fsp3) is 0.105. The lowest BCUT2D eigenvalue weighted by Gasteiger charge is -2.08. The summed E-state index contributed by atoms with van der Waals surface area (Å²) in [7, 11) is 2.44. The Labute approximate surface area is 155 Å². The zero-order valence-electron chi connectivity index (χ0n) is 14.1. The van der Waals surface area contributed by atoms with E-state index >= 15 is 0 Å². The zero-order chi connectivity index (χ0) is 19.1.